The van der Waals surface area contributed by atoms with Crippen LogP contribution in [-0.2, 0) is 16.0 Å². The molecule has 1 fully saturated rings. The molecule has 1 N–H and O–H groups in total. The number of hydrogen-bond donors (Lipinski definition) is 1. The van der Waals surface area contributed by atoms with Crippen molar-refractivity contribution in [2.24, 2.45) is 0 Å². The first-order valence-corrected chi connectivity index (χ1v) is 7.13. The molecule has 0 amide bonds. The average Bonchev–Trinajstić information content (AvgIpc) is 2.48. The maximum atomic E-state index is 5.89. The first-order chi connectivity index (χ1) is 9.38. The quantitative estimate of drug-likeness (QED) is 0.766. The van der Waals surface area contributed by atoms with Crippen LogP contribution in [0.3, 0.4) is 0 Å². The second kappa shape index (κ2) is 8.25. The lowest BCUT2D eigenvalue weighted by molar-refractivity contribution is -0.0282. The number of ether oxygens (including phenoxy) is 2. The fraction of sp³-hybridized carbons (Fsp3) is 0.667. The van der Waals surface area contributed by atoms with Crippen LogP contribution in [0.25, 0.3) is 0 Å². The summed E-state index contributed by atoms with van der Waals surface area (Å²) in [6.07, 6.45) is 7.17. The van der Waals surface area contributed by atoms with Crippen LogP contribution < -0.4 is 5.32 Å². The largest absolute Gasteiger partial charge is 0.381 e. The lowest BCUT2D eigenvalue weighted by Crippen LogP contribution is -2.30. The molecule has 1 saturated carbocycles. The Hall–Kier alpha value is -0.970. The number of pyridine rings is 1. The van der Waals surface area contributed by atoms with Crippen LogP contribution in [0, 0.1) is 0 Å². The summed E-state index contributed by atoms with van der Waals surface area (Å²) in [7, 11) is 1.79. The lowest BCUT2D eigenvalue weighted by Gasteiger charge is -2.28. The van der Waals surface area contributed by atoms with E-state index in [-0.39, 0.29) is 0 Å². The second-order valence-corrected chi connectivity index (χ2v) is 5.01. The zero-order valence-corrected chi connectivity index (χ0v) is 11.7. The van der Waals surface area contributed by atoms with Gasteiger partial charge >= 0.3 is 0 Å². The maximum absolute atomic E-state index is 5.89. The van der Waals surface area contributed by atoms with E-state index in [0.29, 0.717) is 12.2 Å². The molecule has 19 heavy (non-hydrogen) atoms. The highest BCUT2D eigenvalue weighted by Gasteiger charge is 2.21. The van der Waals surface area contributed by atoms with Gasteiger partial charge in [-0.05, 0) is 37.8 Å². The van der Waals surface area contributed by atoms with Crippen molar-refractivity contribution in [3.05, 3.63) is 30.1 Å². The van der Waals surface area contributed by atoms with Crippen LogP contribution in [0.15, 0.2) is 24.4 Å². The van der Waals surface area contributed by atoms with Gasteiger partial charge < -0.3 is 14.8 Å². The van der Waals surface area contributed by atoms with Crippen LogP contribution >= 0.6 is 0 Å². The standard InChI is InChI=1S/C15H24N2O2/c1-18-14-6-4-7-15(11-14)19-10-9-16-12-13-5-2-3-8-17-13/h2-3,5,8,14-16H,4,6-7,9-12H2,1H3. The van der Waals surface area contributed by atoms with E-state index >= 15 is 0 Å². The summed E-state index contributed by atoms with van der Waals surface area (Å²) in [5.74, 6) is 0. The third kappa shape index (κ3) is 5.27. The van der Waals surface area contributed by atoms with E-state index in [9.17, 15) is 0 Å². The number of methoxy groups -OCH3 is 1. The van der Waals surface area contributed by atoms with Gasteiger partial charge in [0.25, 0.3) is 0 Å². The molecule has 1 aliphatic carbocycles. The Kier molecular flexibility index (Phi) is 6.27. The minimum atomic E-state index is 0.371. The minimum Gasteiger partial charge on any atom is -0.381 e. The molecule has 106 valence electrons. The SMILES string of the molecule is COC1CCCC(OCCNCc2ccccn2)C1. The third-order valence-electron chi connectivity index (χ3n) is 3.58. The zero-order valence-electron chi connectivity index (χ0n) is 11.7. The molecule has 1 aromatic rings. The summed E-state index contributed by atoms with van der Waals surface area (Å²) in [5.41, 5.74) is 1.07. The van der Waals surface area contributed by atoms with Crippen molar-refractivity contribution in [2.75, 3.05) is 20.3 Å². The third-order valence-corrected chi connectivity index (χ3v) is 3.58. The van der Waals surface area contributed by atoms with E-state index in [2.05, 4.69) is 10.3 Å². The summed E-state index contributed by atoms with van der Waals surface area (Å²) >= 11 is 0. The second-order valence-electron chi connectivity index (χ2n) is 5.01. The van der Waals surface area contributed by atoms with Gasteiger partial charge in [0.1, 0.15) is 0 Å². The number of hydrogen-bond acceptors (Lipinski definition) is 4. The van der Waals surface area contributed by atoms with Gasteiger partial charge in [-0.15, -0.1) is 0 Å². The molecule has 1 aromatic heterocycles. The van der Waals surface area contributed by atoms with E-state index < -0.39 is 0 Å². The Morgan fingerprint density at radius 3 is 3.00 bits per heavy atom. The molecular formula is C15H24N2O2. The molecule has 0 saturated heterocycles. The molecule has 1 heterocycles. The van der Waals surface area contributed by atoms with E-state index in [4.69, 9.17) is 9.47 Å². The number of aromatic nitrogens is 1. The van der Waals surface area contributed by atoms with E-state index in [1.165, 1.54) is 19.3 Å². The Morgan fingerprint density at radius 1 is 1.32 bits per heavy atom. The summed E-state index contributed by atoms with van der Waals surface area (Å²) in [6.45, 7) is 2.42. The molecule has 2 unspecified atom stereocenters. The van der Waals surface area contributed by atoms with E-state index in [1.807, 2.05) is 24.4 Å². The highest BCUT2D eigenvalue weighted by molar-refractivity contribution is 5.02. The summed E-state index contributed by atoms with van der Waals surface area (Å²) in [5, 5.41) is 3.35. The van der Waals surface area contributed by atoms with Gasteiger partial charge in [-0.1, -0.05) is 6.07 Å². The number of nitrogens with zero attached hydrogens (tertiary/aromatic N) is 1. The number of rotatable bonds is 7. The Bertz CT molecular complexity index is 345. The van der Waals surface area contributed by atoms with Gasteiger partial charge in [-0.3, -0.25) is 4.98 Å². The molecule has 0 aromatic carbocycles. The van der Waals surface area contributed by atoms with E-state index in [1.54, 1.807) is 7.11 Å². The van der Waals surface area contributed by atoms with Gasteiger partial charge in [0.15, 0.2) is 0 Å². The van der Waals surface area contributed by atoms with Crippen molar-refractivity contribution in [3.8, 4) is 0 Å². The van der Waals surface area contributed by atoms with Crippen LogP contribution in [0.2, 0.25) is 0 Å². The normalized spacial score (nSPS) is 23.4. The molecule has 1 aliphatic rings. The molecule has 2 atom stereocenters. The summed E-state index contributed by atoms with van der Waals surface area (Å²) < 4.78 is 11.3. The smallest absolute Gasteiger partial charge is 0.0600 e. The Morgan fingerprint density at radius 2 is 2.21 bits per heavy atom. The Labute approximate surface area is 115 Å². The van der Waals surface area contributed by atoms with Crippen molar-refractivity contribution < 1.29 is 9.47 Å². The fourth-order valence-electron chi connectivity index (χ4n) is 2.48. The topological polar surface area (TPSA) is 43.4 Å². The highest BCUT2D eigenvalue weighted by atomic mass is 16.5. The molecule has 0 radical (unpaired) electrons. The van der Waals surface area contributed by atoms with Gasteiger partial charge in [0.05, 0.1) is 24.5 Å². The van der Waals surface area contributed by atoms with E-state index in [0.717, 1.165) is 31.8 Å². The molecule has 0 bridgehead atoms. The fourth-order valence-corrected chi connectivity index (χ4v) is 2.48. The summed E-state index contributed by atoms with van der Waals surface area (Å²) in [6, 6.07) is 5.97. The number of nitrogens with one attached hydrogen (secondary N) is 1. The van der Waals surface area contributed by atoms with Crippen LogP contribution in [-0.4, -0.2) is 37.5 Å². The predicted molar refractivity (Wildman–Crippen MR) is 74.9 cm³/mol. The highest BCUT2D eigenvalue weighted by Crippen LogP contribution is 2.22. The van der Waals surface area contributed by atoms with Crippen LogP contribution in [0.5, 0.6) is 0 Å². The van der Waals surface area contributed by atoms with Crippen molar-refractivity contribution in [2.45, 2.75) is 44.4 Å². The van der Waals surface area contributed by atoms with Crippen molar-refractivity contribution in [1.82, 2.24) is 10.3 Å². The molecule has 0 aliphatic heterocycles. The van der Waals surface area contributed by atoms with Gasteiger partial charge in [-0.25, -0.2) is 0 Å². The lowest BCUT2D eigenvalue weighted by atomic mass is 9.95. The van der Waals surface area contributed by atoms with Crippen molar-refractivity contribution in [3.63, 3.8) is 0 Å². The van der Waals surface area contributed by atoms with Gasteiger partial charge in [0.2, 0.25) is 0 Å². The molecule has 4 nitrogen and oxygen atoms in total. The molecule has 0 spiro atoms. The minimum absolute atomic E-state index is 0.371. The van der Waals surface area contributed by atoms with Gasteiger partial charge in [-0.2, -0.15) is 0 Å². The molecule has 4 heteroatoms. The average molecular weight is 264 g/mol. The van der Waals surface area contributed by atoms with Crippen LogP contribution in [0.1, 0.15) is 31.4 Å². The zero-order chi connectivity index (χ0) is 13.3. The van der Waals surface area contributed by atoms with Gasteiger partial charge in [0, 0.05) is 26.4 Å². The first-order valence-electron chi connectivity index (χ1n) is 7.13. The monoisotopic (exact) mass is 264 g/mol. The van der Waals surface area contributed by atoms with Crippen LogP contribution in [0.4, 0.5) is 0 Å². The molecular weight excluding hydrogens is 240 g/mol. The first kappa shape index (κ1) is 14.4. The van der Waals surface area contributed by atoms with Crippen molar-refractivity contribution >= 4 is 0 Å². The Balaban J connectivity index is 1.54. The predicted octanol–water partition coefficient (Wildman–Crippen LogP) is 2.15. The van der Waals surface area contributed by atoms with Crippen molar-refractivity contribution in [1.29, 1.82) is 0 Å². The molecule has 2 rings (SSSR count). The maximum Gasteiger partial charge on any atom is 0.0600 e. The summed E-state index contributed by atoms with van der Waals surface area (Å²) in [4.78, 5) is 4.27.